The van der Waals surface area contributed by atoms with Crippen molar-refractivity contribution in [1.29, 1.82) is 0 Å². The highest BCUT2D eigenvalue weighted by molar-refractivity contribution is 6.04. The Morgan fingerprint density at radius 3 is 2.48 bits per heavy atom. The lowest BCUT2D eigenvalue weighted by atomic mass is 10.0. The van der Waals surface area contributed by atoms with Crippen molar-refractivity contribution in [2.24, 2.45) is 0 Å². The minimum absolute atomic E-state index is 0.0624. The summed E-state index contributed by atoms with van der Waals surface area (Å²) in [6, 6.07) is 17.3. The Morgan fingerprint density at radius 1 is 1.04 bits per heavy atom. The van der Waals surface area contributed by atoms with Crippen LogP contribution in [-0.2, 0) is 6.54 Å². The summed E-state index contributed by atoms with van der Waals surface area (Å²) >= 11 is 0. The molecule has 0 bridgehead atoms. The van der Waals surface area contributed by atoms with Gasteiger partial charge in [0, 0.05) is 29.9 Å². The molecule has 1 aliphatic carbocycles. The van der Waals surface area contributed by atoms with Crippen molar-refractivity contribution in [3.8, 4) is 0 Å². The van der Waals surface area contributed by atoms with Crippen LogP contribution in [0.2, 0.25) is 0 Å². The fraction of sp³-hybridized carbons (Fsp3) is 0.435. The van der Waals surface area contributed by atoms with E-state index in [1.54, 1.807) is 0 Å². The lowest BCUT2D eigenvalue weighted by molar-refractivity contribution is 0.102. The van der Waals surface area contributed by atoms with E-state index in [9.17, 15) is 4.79 Å². The number of hydrogen-bond acceptors (Lipinski definition) is 3. The molecule has 2 N–H and O–H groups in total. The van der Waals surface area contributed by atoms with Crippen molar-refractivity contribution in [1.82, 2.24) is 10.2 Å². The van der Waals surface area contributed by atoms with Gasteiger partial charge >= 0.3 is 0 Å². The first-order valence-electron chi connectivity index (χ1n) is 10.1. The van der Waals surface area contributed by atoms with Crippen molar-refractivity contribution in [2.75, 3.05) is 18.4 Å². The number of aryl methyl sites for hydroxylation is 1. The van der Waals surface area contributed by atoms with Gasteiger partial charge in [-0.1, -0.05) is 29.8 Å². The van der Waals surface area contributed by atoms with E-state index < -0.39 is 0 Å². The average Bonchev–Trinajstić information content (AvgIpc) is 3.53. The van der Waals surface area contributed by atoms with Crippen molar-refractivity contribution < 1.29 is 4.79 Å². The minimum atomic E-state index is -0.0624. The number of nitrogens with one attached hydrogen (secondary N) is 2. The van der Waals surface area contributed by atoms with Crippen molar-refractivity contribution in [2.45, 2.75) is 51.2 Å². The van der Waals surface area contributed by atoms with Crippen LogP contribution < -0.4 is 10.6 Å². The maximum atomic E-state index is 12.4. The number of nitrogens with zero attached hydrogens (tertiary/aromatic N) is 1. The van der Waals surface area contributed by atoms with Crippen LogP contribution in [0.3, 0.4) is 0 Å². The number of piperidine rings is 1. The molecular formula is C23H29N3O. The van der Waals surface area contributed by atoms with Gasteiger partial charge in [0.1, 0.15) is 0 Å². The number of likely N-dealkylation sites (tertiary alicyclic amines) is 1. The van der Waals surface area contributed by atoms with Gasteiger partial charge in [-0.25, -0.2) is 0 Å². The second-order valence-corrected chi connectivity index (χ2v) is 7.94. The predicted octanol–water partition coefficient (Wildman–Crippen LogP) is 3.96. The monoisotopic (exact) mass is 363 g/mol. The largest absolute Gasteiger partial charge is 0.322 e. The molecule has 0 unspecified atom stereocenters. The topological polar surface area (TPSA) is 44.4 Å². The summed E-state index contributed by atoms with van der Waals surface area (Å²) in [5, 5.41) is 6.70. The van der Waals surface area contributed by atoms with Gasteiger partial charge in [0.05, 0.1) is 0 Å². The maximum absolute atomic E-state index is 12.4. The Hall–Kier alpha value is -2.17. The molecule has 1 amide bonds. The summed E-state index contributed by atoms with van der Waals surface area (Å²) in [6.07, 6.45) is 5.28. The van der Waals surface area contributed by atoms with E-state index >= 15 is 0 Å². The number of hydrogen-bond donors (Lipinski definition) is 2. The normalized spacial score (nSPS) is 18.4. The lowest BCUT2D eigenvalue weighted by Gasteiger charge is -2.32. The highest BCUT2D eigenvalue weighted by Crippen LogP contribution is 2.29. The van der Waals surface area contributed by atoms with E-state index in [1.165, 1.54) is 44.3 Å². The number of benzene rings is 2. The molecule has 0 radical (unpaired) electrons. The van der Waals surface area contributed by atoms with E-state index in [1.807, 2.05) is 43.3 Å². The quantitative estimate of drug-likeness (QED) is 0.816. The maximum Gasteiger partial charge on any atom is 0.255 e. The summed E-state index contributed by atoms with van der Waals surface area (Å²) in [7, 11) is 0. The lowest BCUT2D eigenvalue weighted by Crippen LogP contribution is -2.43. The van der Waals surface area contributed by atoms with E-state index in [2.05, 4.69) is 27.7 Å². The molecule has 2 aromatic rings. The summed E-state index contributed by atoms with van der Waals surface area (Å²) in [5.74, 6) is -0.0624. The van der Waals surface area contributed by atoms with Crippen LogP contribution in [0.1, 0.15) is 47.2 Å². The van der Waals surface area contributed by atoms with Crippen LogP contribution in [0.25, 0.3) is 0 Å². The van der Waals surface area contributed by atoms with Crippen molar-refractivity contribution in [3.05, 3.63) is 65.2 Å². The van der Waals surface area contributed by atoms with Gasteiger partial charge in [-0.2, -0.15) is 0 Å². The van der Waals surface area contributed by atoms with Crippen molar-refractivity contribution >= 4 is 11.6 Å². The van der Waals surface area contributed by atoms with Gasteiger partial charge in [-0.3, -0.25) is 4.79 Å². The zero-order chi connectivity index (χ0) is 18.6. The summed E-state index contributed by atoms with van der Waals surface area (Å²) in [6.45, 7) is 5.33. The first-order chi connectivity index (χ1) is 13.2. The molecule has 0 atom stereocenters. The molecule has 0 spiro atoms. The highest BCUT2D eigenvalue weighted by Gasteiger charge is 2.31. The average molecular weight is 364 g/mol. The molecule has 2 fully saturated rings. The molecule has 1 aliphatic heterocycles. The molecule has 0 aromatic heterocycles. The second kappa shape index (κ2) is 8.24. The van der Waals surface area contributed by atoms with Gasteiger partial charge in [-0.15, -0.1) is 0 Å². The van der Waals surface area contributed by atoms with E-state index in [0.717, 1.165) is 23.8 Å². The van der Waals surface area contributed by atoms with Gasteiger partial charge in [0.15, 0.2) is 0 Å². The highest BCUT2D eigenvalue weighted by atomic mass is 16.1. The third-order valence-electron chi connectivity index (χ3n) is 5.69. The Bertz CT molecular complexity index is 774. The van der Waals surface area contributed by atoms with E-state index in [4.69, 9.17) is 0 Å². The van der Waals surface area contributed by atoms with E-state index in [0.29, 0.717) is 11.6 Å². The summed E-state index contributed by atoms with van der Waals surface area (Å²) in [5.41, 5.74) is 3.90. The van der Waals surface area contributed by atoms with Gasteiger partial charge in [0.2, 0.25) is 0 Å². The van der Waals surface area contributed by atoms with Crippen molar-refractivity contribution in [3.63, 3.8) is 0 Å². The zero-order valence-electron chi connectivity index (χ0n) is 16.1. The summed E-state index contributed by atoms with van der Waals surface area (Å²) < 4.78 is 0. The number of rotatable bonds is 6. The van der Waals surface area contributed by atoms with Gasteiger partial charge in [-0.05, 0) is 75.5 Å². The summed E-state index contributed by atoms with van der Waals surface area (Å²) in [4.78, 5) is 15.1. The Balaban J connectivity index is 1.28. The standard InChI is InChI=1S/C23H29N3O/c1-17-5-7-19(8-6-17)23(27)25-21-4-2-3-18(15-21)16-24-20-11-13-26(14-12-20)22-9-10-22/h2-8,15,20,22,24H,9-14,16H2,1H3,(H,25,27). The molecule has 4 heteroatoms. The molecule has 1 saturated carbocycles. The third-order valence-corrected chi connectivity index (χ3v) is 5.69. The van der Waals surface area contributed by atoms with Crippen LogP contribution in [0, 0.1) is 6.92 Å². The van der Waals surface area contributed by atoms with Crippen LogP contribution in [-0.4, -0.2) is 36.0 Å². The molecule has 142 valence electrons. The molecule has 4 nitrogen and oxygen atoms in total. The smallest absolute Gasteiger partial charge is 0.255 e. The molecule has 2 aliphatic rings. The minimum Gasteiger partial charge on any atom is -0.322 e. The fourth-order valence-corrected chi connectivity index (χ4v) is 3.84. The zero-order valence-corrected chi connectivity index (χ0v) is 16.1. The molecule has 27 heavy (non-hydrogen) atoms. The molecule has 1 heterocycles. The Labute approximate surface area is 162 Å². The predicted molar refractivity (Wildman–Crippen MR) is 110 cm³/mol. The third kappa shape index (κ3) is 4.96. The number of carbonyl (C=O) groups excluding carboxylic acids is 1. The molecule has 2 aromatic carbocycles. The first kappa shape index (κ1) is 18.2. The van der Waals surface area contributed by atoms with Gasteiger partial charge < -0.3 is 15.5 Å². The second-order valence-electron chi connectivity index (χ2n) is 7.94. The fourth-order valence-electron chi connectivity index (χ4n) is 3.84. The van der Waals surface area contributed by atoms with Crippen LogP contribution in [0.4, 0.5) is 5.69 Å². The Morgan fingerprint density at radius 2 is 1.78 bits per heavy atom. The SMILES string of the molecule is Cc1ccc(C(=O)Nc2cccc(CNC3CCN(C4CC4)CC3)c2)cc1. The number of amides is 1. The van der Waals surface area contributed by atoms with Crippen LogP contribution in [0.15, 0.2) is 48.5 Å². The van der Waals surface area contributed by atoms with Crippen LogP contribution >= 0.6 is 0 Å². The molecular weight excluding hydrogens is 334 g/mol. The number of carbonyl (C=O) groups is 1. The molecule has 4 rings (SSSR count). The van der Waals surface area contributed by atoms with Gasteiger partial charge in [0.25, 0.3) is 5.91 Å². The first-order valence-corrected chi connectivity index (χ1v) is 10.1. The molecule has 1 saturated heterocycles. The van der Waals surface area contributed by atoms with Crippen LogP contribution in [0.5, 0.6) is 0 Å². The van der Waals surface area contributed by atoms with E-state index in [-0.39, 0.29) is 5.91 Å². The number of anilines is 1. The Kier molecular flexibility index (Phi) is 5.55.